The fourth-order valence-electron chi connectivity index (χ4n) is 2.75. The number of amides is 1. The minimum atomic E-state index is -0.170. The Kier molecular flexibility index (Phi) is 3.96. The van der Waals surface area contributed by atoms with E-state index in [1.807, 2.05) is 41.1 Å². The molecule has 0 spiro atoms. The Bertz CT molecular complexity index is 977. The van der Waals surface area contributed by atoms with Crippen LogP contribution in [0.3, 0.4) is 0 Å². The van der Waals surface area contributed by atoms with Crippen LogP contribution >= 0.6 is 0 Å². The Morgan fingerprint density at radius 1 is 1.12 bits per heavy atom. The maximum absolute atomic E-state index is 12.7. The van der Waals surface area contributed by atoms with Crippen molar-refractivity contribution in [1.29, 1.82) is 0 Å². The van der Waals surface area contributed by atoms with Crippen LogP contribution in [-0.2, 0) is 6.54 Å². The third-order valence-corrected chi connectivity index (χ3v) is 4.04. The van der Waals surface area contributed by atoms with Gasteiger partial charge in [-0.2, -0.15) is 15.4 Å². The summed E-state index contributed by atoms with van der Waals surface area (Å²) in [4.78, 5) is 16.8. The average Bonchev–Trinajstić information content (AvgIpc) is 3.32. The molecular weight excluding hydrogens is 316 g/mol. The average molecular weight is 332 g/mol. The van der Waals surface area contributed by atoms with Crippen molar-refractivity contribution in [2.24, 2.45) is 0 Å². The van der Waals surface area contributed by atoms with E-state index in [2.05, 4.69) is 25.7 Å². The highest BCUT2D eigenvalue weighted by molar-refractivity contribution is 5.97. The molecule has 0 aliphatic carbocycles. The Morgan fingerprint density at radius 2 is 1.96 bits per heavy atom. The summed E-state index contributed by atoms with van der Waals surface area (Å²) in [6, 6.07) is 15.0. The van der Waals surface area contributed by atoms with E-state index in [1.54, 1.807) is 30.7 Å². The van der Waals surface area contributed by atoms with Gasteiger partial charge in [-0.25, -0.2) is 4.98 Å². The maximum atomic E-state index is 12.7. The van der Waals surface area contributed by atoms with Crippen LogP contribution in [0.1, 0.15) is 22.0 Å². The lowest BCUT2D eigenvalue weighted by Crippen LogP contribution is -2.31. The van der Waals surface area contributed by atoms with Crippen molar-refractivity contribution in [3.63, 3.8) is 0 Å². The van der Waals surface area contributed by atoms with Gasteiger partial charge in [0.1, 0.15) is 11.0 Å². The number of H-pyrrole nitrogens is 1. The van der Waals surface area contributed by atoms with Gasteiger partial charge in [-0.1, -0.05) is 30.3 Å². The lowest BCUT2D eigenvalue weighted by molar-refractivity contribution is 0.0933. The van der Waals surface area contributed by atoms with Crippen LogP contribution in [0.5, 0.6) is 0 Å². The first-order valence-electron chi connectivity index (χ1n) is 7.92. The van der Waals surface area contributed by atoms with Crippen molar-refractivity contribution >= 4 is 16.9 Å². The van der Waals surface area contributed by atoms with E-state index in [4.69, 9.17) is 0 Å². The van der Waals surface area contributed by atoms with Crippen LogP contribution in [0.25, 0.3) is 11.0 Å². The van der Waals surface area contributed by atoms with Crippen molar-refractivity contribution in [2.45, 2.75) is 12.6 Å². The molecule has 2 N–H and O–H groups in total. The zero-order valence-corrected chi connectivity index (χ0v) is 13.3. The lowest BCUT2D eigenvalue weighted by Gasteiger charge is -2.20. The second kappa shape index (κ2) is 6.56. The third kappa shape index (κ3) is 3.25. The van der Waals surface area contributed by atoms with Gasteiger partial charge in [-0.05, 0) is 23.8 Å². The summed E-state index contributed by atoms with van der Waals surface area (Å²) in [6.07, 6.45) is 5.34. The first-order valence-corrected chi connectivity index (χ1v) is 7.92. The highest BCUT2D eigenvalue weighted by Gasteiger charge is 2.17. The van der Waals surface area contributed by atoms with Gasteiger partial charge in [0.25, 0.3) is 5.91 Å². The normalized spacial score (nSPS) is 12.2. The molecule has 0 aliphatic heterocycles. The number of imidazole rings is 1. The molecule has 7 heteroatoms. The number of hydrogen-bond donors (Lipinski definition) is 2. The van der Waals surface area contributed by atoms with Gasteiger partial charge in [0, 0.05) is 24.5 Å². The van der Waals surface area contributed by atoms with Crippen molar-refractivity contribution in [1.82, 2.24) is 30.3 Å². The molecule has 1 amide bonds. The van der Waals surface area contributed by atoms with E-state index in [-0.39, 0.29) is 11.9 Å². The van der Waals surface area contributed by atoms with Gasteiger partial charge in [-0.15, -0.1) is 0 Å². The van der Waals surface area contributed by atoms with Gasteiger partial charge in [-0.3, -0.25) is 4.79 Å². The van der Waals surface area contributed by atoms with Crippen LogP contribution in [-0.4, -0.2) is 30.9 Å². The van der Waals surface area contributed by atoms with Gasteiger partial charge in [0.2, 0.25) is 0 Å². The Morgan fingerprint density at radius 3 is 2.76 bits per heavy atom. The van der Waals surface area contributed by atoms with Gasteiger partial charge >= 0.3 is 0 Å². The third-order valence-electron chi connectivity index (χ3n) is 4.04. The molecule has 4 aromatic rings. The van der Waals surface area contributed by atoms with Crippen LogP contribution < -0.4 is 5.32 Å². The quantitative estimate of drug-likeness (QED) is 0.587. The number of rotatable bonds is 5. The number of nitrogens with zero attached hydrogens (tertiary/aromatic N) is 4. The summed E-state index contributed by atoms with van der Waals surface area (Å²) in [5.41, 5.74) is 2.98. The number of carbonyl (C=O) groups is 1. The van der Waals surface area contributed by atoms with Gasteiger partial charge in [0.05, 0.1) is 12.4 Å². The van der Waals surface area contributed by atoms with E-state index < -0.39 is 0 Å². The predicted octanol–water partition coefficient (Wildman–Crippen LogP) is 2.33. The Hall–Kier alpha value is -3.48. The predicted molar refractivity (Wildman–Crippen MR) is 92.8 cm³/mol. The molecule has 0 saturated heterocycles. The second-order valence-corrected chi connectivity index (χ2v) is 5.72. The fourth-order valence-corrected chi connectivity index (χ4v) is 2.75. The van der Waals surface area contributed by atoms with Crippen LogP contribution in [0, 0.1) is 0 Å². The summed E-state index contributed by atoms with van der Waals surface area (Å²) >= 11 is 0. The standard InChI is InChI=1S/C18H16N6O/c25-18(14-6-7-15-16(10-14)22-23-21-15)20-17(11-24-9-8-19-12-24)13-4-2-1-3-5-13/h1-10,12,17H,11H2,(H,20,25)(H,21,22,23). The maximum Gasteiger partial charge on any atom is 0.251 e. The van der Waals surface area contributed by atoms with Crippen molar-refractivity contribution in [3.8, 4) is 0 Å². The molecule has 1 unspecified atom stereocenters. The molecule has 0 radical (unpaired) electrons. The summed E-state index contributed by atoms with van der Waals surface area (Å²) in [6.45, 7) is 0.599. The molecule has 0 saturated carbocycles. The SMILES string of the molecule is O=C(NC(Cn1ccnc1)c1ccccc1)c1ccc2n[nH]nc2c1. The molecular formula is C18H16N6O. The Labute approximate surface area is 143 Å². The zero-order chi connectivity index (χ0) is 17.1. The molecule has 124 valence electrons. The summed E-state index contributed by atoms with van der Waals surface area (Å²) in [7, 11) is 0. The largest absolute Gasteiger partial charge is 0.343 e. The Balaban J connectivity index is 1.59. The molecule has 2 heterocycles. The number of aromatic amines is 1. The molecule has 1 atom stereocenters. The van der Waals surface area contributed by atoms with E-state index in [1.165, 1.54) is 0 Å². The minimum absolute atomic E-state index is 0.154. The van der Waals surface area contributed by atoms with E-state index in [9.17, 15) is 4.79 Å². The number of fused-ring (bicyclic) bond motifs is 1. The molecule has 7 nitrogen and oxygen atoms in total. The summed E-state index contributed by atoms with van der Waals surface area (Å²) < 4.78 is 1.94. The molecule has 2 aromatic heterocycles. The first kappa shape index (κ1) is 15.1. The molecule has 25 heavy (non-hydrogen) atoms. The first-order chi connectivity index (χ1) is 12.3. The van der Waals surface area contributed by atoms with E-state index in [0.29, 0.717) is 17.6 Å². The lowest BCUT2D eigenvalue weighted by atomic mass is 10.1. The highest BCUT2D eigenvalue weighted by atomic mass is 16.1. The second-order valence-electron chi connectivity index (χ2n) is 5.72. The number of carbonyl (C=O) groups excluding carboxylic acids is 1. The highest BCUT2D eigenvalue weighted by Crippen LogP contribution is 2.17. The molecule has 0 fully saturated rings. The van der Waals surface area contributed by atoms with E-state index >= 15 is 0 Å². The number of hydrogen-bond acceptors (Lipinski definition) is 4. The molecule has 4 rings (SSSR count). The van der Waals surface area contributed by atoms with Crippen molar-refractivity contribution in [3.05, 3.63) is 78.4 Å². The molecule has 0 aliphatic rings. The monoisotopic (exact) mass is 332 g/mol. The van der Waals surface area contributed by atoms with E-state index in [0.717, 1.165) is 11.1 Å². The minimum Gasteiger partial charge on any atom is -0.343 e. The summed E-state index contributed by atoms with van der Waals surface area (Å²) in [5, 5.41) is 13.7. The summed E-state index contributed by atoms with van der Waals surface area (Å²) in [5.74, 6) is -0.154. The molecule has 0 bridgehead atoms. The van der Waals surface area contributed by atoms with Crippen molar-refractivity contribution < 1.29 is 4.79 Å². The van der Waals surface area contributed by atoms with Crippen LogP contribution in [0.15, 0.2) is 67.3 Å². The van der Waals surface area contributed by atoms with Gasteiger partial charge < -0.3 is 9.88 Å². The number of nitrogens with one attached hydrogen (secondary N) is 2. The van der Waals surface area contributed by atoms with Crippen molar-refractivity contribution in [2.75, 3.05) is 0 Å². The topological polar surface area (TPSA) is 88.5 Å². The van der Waals surface area contributed by atoms with Crippen LogP contribution in [0.2, 0.25) is 0 Å². The number of aromatic nitrogens is 5. The zero-order valence-electron chi connectivity index (χ0n) is 13.3. The molecule has 2 aromatic carbocycles. The number of benzene rings is 2. The fraction of sp³-hybridized carbons (Fsp3) is 0.111. The van der Waals surface area contributed by atoms with Gasteiger partial charge in [0.15, 0.2) is 0 Å². The van der Waals surface area contributed by atoms with Crippen LogP contribution in [0.4, 0.5) is 0 Å². The smallest absolute Gasteiger partial charge is 0.251 e.